The summed E-state index contributed by atoms with van der Waals surface area (Å²) in [7, 11) is 1.57. The van der Waals surface area contributed by atoms with Crippen LogP contribution in [0, 0.1) is 12.7 Å². The minimum absolute atomic E-state index is 0.133. The summed E-state index contributed by atoms with van der Waals surface area (Å²) in [5, 5.41) is 7.34. The van der Waals surface area contributed by atoms with Gasteiger partial charge in [-0.15, -0.1) is 0 Å². The van der Waals surface area contributed by atoms with Crippen LogP contribution in [-0.4, -0.2) is 58.1 Å². The number of hydrogen-bond donors (Lipinski definition) is 1. The summed E-state index contributed by atoms with van der Waals surface area (Å²) in [5.41, 5.74) is 4.12. The molecule has 32 heavy (non-hydrogen) atoms. The predicted molar refractivity (Wildman–Crippen MR) is 119 cm³/mol. The third-order valence-electron chi connectivity index (χ3n) is 5.78. The number of hydrogen-bond acceptors (Lipinski definition) is 7. The van der Waals surface area contributed by atoms with Crippen molar-refractivity contribution in [3.05, 3.63) is 48.2 Å². The van der Waals surface area contributed by atoms with Crippen molar-refractivity contribution < 1.29 is 13.9 Å². The summed E-state index contributed by atoms with van der Waals surface area (Å²) in [5.74, 6) is 0.807. The van der Waals surface area contributed by atoms with Crippen molar-refractivity contribution >= 4 is 16.7 Å². The van der Waals surface area contributed by atoms with E-state index in [-0.39, 0.29) is 6.04 Å². The highest BCUT2D eigenvalue weighted by atomic mass is 19.1. The number of nitrogens with zero attached hydrogens (tertiary/aromatic N) is 5. The van der Waals surface area contributed by atoms with E-state index in [1.54, 1.807) is 25.6 Å². The Kier molecular flexibility index (Phi) is 5.18. The van der Waals surface area contributed by atoms with Gasteiger partial charge in [0, 0.05) is 36.0 Å². The molecule has 1 N–H and O–H groups in total. The van der Waals surface area contributed by atoms with Crippen LogP contribution in [0.5, 0.6) is 5.88 Å². The van der Waals surface area contributed by atoms with Gasteiger partial charge in [-0.05, 0) is 37.1 Å². The molecule has 1 saturated heterocycles. The van der Waals surface area contributed by atoms with Gasteiger partial charge in [-0.3, -0.25) is 5.10 Å². The fraction of sp³-hybridized carbons (Fsp3) is 0.304. The van der Waals surface area contributed by atoms with Crippen molar-refractivity contribution in [2.24, 2.45) is 0 Å². The Morgan fingerprint density at radius 3 is 2.81 bits per heavy atom. The Hall–Kier alpha value is -3.59. The van der Waals surface area contributed by atoms with Crippen molar-refractivity contribution in [1.29, 1.82) is 0 Å². The van der Waals surface area contributed by atoms with Crippen molar-refractivity contribution in [2.75, 3.05) is 31.8 Å². The van der Waals surface area contributed by atoms with Gasteiger partial charge in [0.05, 0.1) is 38.3 Å². The summed E-state index contributed by atoms with van der Waals surface area (Å²) in [6.45, 7) is 5.95. The van der Waals surface area contributed by atoms with Crippen LogP contribution in [-0.2, 0) is 4.74 Å². The molecule has 1 fully saturated rings. The third kappa shape index (κ3) is 3.44. The molecule has 0 bridgehead atoms. The Bertz CT molecular complexity index is 1280. The van der Waals surface area contributed by atoms with E-state index in [4.69, 9.17) is 14.5 Å². The molecule has 1 aliphatic rings. The van der Waals surface area contributed by atoms with Gasteiger partial charge in [0.1, 0.15) is 17.0 Å². The van der Waals surface area contributed by atoms with Gasteiger partial charge in [0.15, 0.2) is 5.82 Å². The number of fused-ring (bicyclic) bond motifs is 1. The Morgan fingerprint density at radius 1 is 1.22 bits per heavy atom. The van der Waals surface area contributed by atoms with Crippen molar-refractivity contribution in [3.8, 4) is 28.4 Å². The molecule has 5 heterocycles. The highest BCUT2D eigenvalue weighted by molar-refractivity contribution is 6.02. The van der Waals surface area contributed by atoms with Crippen LogP contribution in [0.15, 0.2) is 36.8 Å². The standard InChI is InChI=1S/C23H23FN6O2/c1-13-8-20(31-3)25-10-16(13)15-9-19(30-6-7-32-12-14(30)2)28-23-21(15)17(24)11-26-22(23)18-4-5-27-29-18/h4-5,8-11,14H,6-7,12H2,1-3H3,(H,27,29)/t14-/m1/s1. The molecule has 0 spiro atoms. The largest absolute Gasteiger partial charge is 0.481 e. The van der Waals surface area contributed by atoms with Crippen LogP contribution < -0.4 is 9.64 Å². The molecule has 0 unspecified atom stereocenters. The number of aryl methyl sites for hydroxylation is 1. The Morgan fingerprint density at radius 2 is 2.09 bits per heavy atom. The topological polar surface area (TPSA) is 89.0 Å². The fourth-order valence-electron chi connectivity index (χ4n) is 4.13. The third-order valence-corrected chi connectivity index (χ3v) is 5.78. The first kappa shape index (κ1) is 20.3. The number of aromatic amines is 1. The summed E-state index contributed by atoms with van der Waals surface area (Å²) in [6.07, 6.45) is 4.58. The van der Waals surface area contributed by atoms with E-state index in [2.05, 4.69) is 32.0 Å². The van der Waals surface area contributed by atoms with Gasteiger partial charge in [-0.1, -0.05) is 0 Å². The molecule has 1 atom stereocenters. The molecular formula is C23H23FN6O2. The lowest BCUT2D eigenvalue weighted by Crippen LogP contribution is -2.44. The zero-order valence-corrected chi connectivity index (χ0v) is 18.1. The summed E-state index contributed by atoms with van der Waals surface area (Å²) >= 11 is 0. The predicted octanol–water partition coefficient (Wildman–Crippen LogP) is 3.76. The Labute approximate surface area is 184 Å². The number of nitrogens with one attached hydrogen (secondary N) is 1. The van der Waals surface area contributed by atoms with Crippen LogP contribution in [0.3, 0.4) is 0 Å². The molecule has 5 rings (SSSR count). The molecular weight excluding hydrogens is 411 g/mol. The highest BCUT2D eigenvalue weighted by Gasteiger charge is 2.25. The summed E-state index contributed by atoms with van der Waals surface area (Å²) < 4.78 is 26.1. The second kappa shape index (κ2) is 8.16. The zero-order valence-electron chi connectivity index (χ0n) is 18.1. The van der Waals surface area contributed by atoms with E-state index in [9.17, 15) is 0 Å². The molecule has 0 saturated carbocycles. The number of ether oxygens (including phenoxy) is 2. The zero-order chi connectivity index (χ0) is 22.2. The number of aromatic nitrogens is 5. The quantitative estimate of drug-likeness (QED) is 0.523. The molecule has 8 nitrogen and oxygen atoms in total. The molecule has 0 radical (unpaired) electrons. The minimum Gasteiger partial charge on any atom is -0.481 e. The van der Waals surface area contributed by atoms with Crippen molar-refractivity contribution in [2.45, 2.75) is 19.9 Å². The molecule has 164 valence electrons. The number of rotatable bonds is 4. The molecule has 9 heteroatoms. The first-order valence-electron chi connectivity index (χ1n) is 10.4. The van der Waals surface area contributed by atoms with E-state index in [0.717, 1.165) is 16.9 Å². The van der Waals surface area contributed by atoms with Crippen LogP contribution >= 0.6 is 0 Å². The number of pyridine rings is 3. The smallest absolute Gasteiger partial charge is 0.213 e. The van der Waals surface area contributed by atoms with Crippen LogP contribution in [0.1, 0.15) is 12.5 Å². The summed E-state index contributed by atoms with van der Waals surface area (Å²) in [6, 6.07) is 5.70. The monoisotopic (exact) mass is 434 g/mol. The average molecular weight is 434 g/mol. The maximum atomic E-state index is 15.3. The lowest BCUT2D eigenvalue weighted by Gasteiger charge is -2.34. The highest BCUT2D eigenvalue weighted by Crippen LogP contribution is 2.38. The molecule has 4 aromatic rings. The number of methoxy groups -OCH3 is 1. The van der Waals surface area contributed by atoms with E-state index in [0.29, 0.717) is 53.5 Å². The van der Waals surface area contributed by atoms with Crippen LogP contribution in [0.4, 0.5) is 10.2 Å². The van der Waals surface area contributed by atoms with Crippen LogP contribution in [0.25, 0.3) is 33.4 Å². The number of anilines is 1. The lowest BCUT2D eigenvalue weighted by molar-refractivity contribution is 0.0986. The summed E-state index contributed by atoms with van der Waals surface area (Å²) in [4.78, 5) is 15.8. The van der Waals surface area contributed by atoms with Gasteiger partial charge in [0.2, 0.25) is 5.88 Å². The van der Waals surface area contributed by atoms with Crippen molar-refractivity contribution in [1.82, 2.24) is 25.1 Å². The lowest BCUT2D eigenvalue weighted by atomic mass is 9.97. The van der Waals surface area contributed by atoms with Crippen LogP contribution in [0.2, 0.25) is 0 Å². The van der Waals surface area contributed by atoms with Gasteiger partial charge in [-0.25, -0.2) is 19.3 Å². The van der Waals surface area contributed by atoms with E-state index in [1.165, 1.54) is 6.20 Å². The van der Waals surface area contributed by atoms with Gasteiger partial charge in [-0.2, -0.15) is 5.10 Å². The molecule has 4 aromatic heterocycles. The first-order valence-corrected chi connectivity index (χ1v) is 10.4. The van der Waals surface area contributed by atoms with Gasteiger partial charge < -0.3 is 14.4 Å². The maximum Gasteiger partial charge on any atom is 0.213 e. The van der Waals surface area contributed by atoms with Gasteiger partial charge in [0.25, 0.3) is 0 Å². The normalized spacial score (nSPS) is 16.5. The molecule has 0 amide bonds. The van der Waals surface area contributed by atoms with E-state index < -0.39 is 5.82 Å². The first-order chi connectivity index (χ1) is 15.6. The minimum atomic E-state index is -0.442. The number of morpholine rings is 1. The van der Waals surface area contributed by atoms with Gasteiger partial charge >= 0.3 is 0 Å². The number of H-pyrrole nitrogens is 1. The molecule has 1 aliphatic heterocycles. The van der Waals surface area contributed by atoms with Crippen molar-refractivity contribution in [3.63, 3.8) is 0 Å². The average Bonchev–Trinajstić information content (AvgIpc) is 3.33. The second-order valence-corrected chi connectivity index (χ2v) is 7.84. The second-order valence-electron chi connectivity index (χ2n) is 7.84. The maximum absolute atomic E-state index is 15.3. The molecule has 0 aliphatic carbocycles. The Balaban J connectivity index is 1.82. The fourth-order valence-corrected chi connectivity index (χ4v) is 4.13. The molecule has 0 aromatic carbocycles. The van der Waals surface area contributed by atoms with E-state index >= 15 is 4.39 Å². The number of halogens is 1. The SMILES string of the molecule is COc1cc(C)c(-c2cc(N3CCOC[C@H]3C)nc3c(-c4ccn[nH]4)ncc(F)c23)cn1. The van der Waals surface area contributed by atoms with E-state index in [1.807, 2.05) is 19.1 Å².